The molecule has 1 saturated carbocycles. The summed E-state index contributed by atoms with van der Waals surface area (Å²) in [6.45, 7) is 6.41. The lowest BCUT2D eigenvalue weighted by Crippen LogP contribution is -2.33. The first-order valence-corrected chi connectivity index (χ1v) is 8.29. The van der Waals surface area contributed by atoms with E-state index >= 15 is 0 Å². The normalized spacial score (nSPS) is 26.4. The summed E-state index contributed by atoms with van der Waals surface area (Å²) in [5.74, 6) is 1.51. The van der Waals surface area contributed by atoms with Gasteiger partial charge >= 0.3 is 0 Å². The van der Waals surface area contributed by atoms with Crippen molar-refractivity contribution in [1.82, 2.24) is 0 Å². The Morgan fingerprint density at radius 3 is 3.00 bits per heavy atom. The topological polar surface area (TPSA) is 47.6 Å². The van der Waals surface area contributed by atoms with Crippen molar-refractivity contribution in [2.45, 2.75) is 51.6 Å². The Labute approximate surface area is 123 Å². The number of aliphatic imine (C=N–C) groups is 1. The second kappa shape index (κ2) is 5.60. The SMILES string of the molecule is C=c1sc2c(/c1=C(/N=CN)OC1CC(CC)C1)CCC2. The fraction of sp³-hybridized carbons (Fsp3) is 0.562. The molecule has 4 heteroatoms. The van der Waals surface area contributed by atoms with Crippen LogP contribution in [-0.4, -0.2) is 12.4 Å². The van der Waals surface area contributed by atoms with E-state index in [1.165, 1.54) is 36.0 Å². The van der Waals surface area contributed by atoms with Crippen molar-refractivity contribution in [3.8, 4) is 0 Å². The lowest BCUT2D eigenvalue weighted by molar-refractivity contribution is 0.0364. The second-order valence-electron chi connectivity index (χ2n) is 5.72. The van der Waals surface area contributed by atoms with Crippen molar-refractivity contribution in [3.05, 3.63) is 20.2 Å². The van der Waals surface area contributed by atoms with Gasteiger partial charge in [0.15, 0.2) is 0 Å². The number of rotatable bonds is 4. The van der Waals surface area contributed by atoms with Crippen LogP contribution in [0, 0.1) is 5.92 Å². The minimum Gasteiger partial charge on any atom is -0.474 e. The molecule has 0 aromatic carbocycles. The van der Waals surface area contributed by atoms with E-state index in [9.17, 15) is 0 Å². The largest absolute Gasteiger partial charge is 0.474 e. The van der Waals surface area contributed by atoms with E-state index in [2.05, 4.69) is 18.5 Å². The molecule has 1 aromatic heterocycles. The summed E-state index contributed by atoms with van der Waals surface area (Å²) in [5.41, 5.74) is 6.91. The van der Waals surface area contributed by atoms with Gasteiger partial charge in [-0.2, -0.15) is 0 Å². The number of hydrogen-bond donors (Lipinski definition) is 1. The number of nitrogens with two attached hydrogens (primary N) is 1. The van der Waals surface area contributed by atoms with Crippen molar-refractivity contribution < 1.29 is 4.74 Å². The van der Waals surface area contributed by atoms with Gasteiger partial charge < -0.3 is 10.5 Å². The molecule has 3 rings (SSSR count). The average Bonchev–Trinajstić information content (AvgIpc) is 2.92. The van der Waals surface area contributed by atoms with Gasteiger partial charge in [0, 0.05) is 9.41 Å². The zero-order chi connectivity index (χ0) is 14.1. The molecule has 2 aliphatic rings. The number of aryl methyl sites for hydroxylation is 1. The van der Waals surface area contributed by atoms with Gasteiger partial charge in [-0.3, -0.25) is 0 Å². The fourth-order valence-electron chi connectivity index (χ4n) is 3.19. The van der Waals surface area contributed by atoms with Gasteiger partial charge in [0.1, 0.15) is 6.10 Å². The van der Waals surface area contributed by atoms with Gasteiger partial charge in [0.2, 0.25) is 5.88 Å². The molecule has 20 heavy (non-hydrogen) atoms. The molecule has 2 N–H and O–H groups in total. The highest BCUT2D eigenvalue weighted by Crippen LogP contribution is 2.34. The van der Waals surface area contributed by atoms with E-state index in [0.717, 1.165) is 34.9 Å². The van der Waals surface area contributed by atoms with Crippen LogP contribution in [0.5, 0.6) is 0 Å². The van der Waals surface area contributed by atoms with E-state index in [1.54, 1.807) is 11.3 Å². The maximum atomic E-state index is 6.11. The summed E-state index contributed by atoms with van der Waals surface area (Å²) >= 11 is 1.79. The van der Waals surface area contributed by atoms with Crippen LogP contribution in [0.3, 0.4) is 0 Å². The average molecular weight is 290 g/mol. The third-order valence-electron chi connectivity index (χ3n) is 4.45. The first-order chi connectivity index (χ1) is 9.72. The molecular weight excluding hydrogens is 268 g/mol. The Morgan fingerprint density at radius 1 is 1.50 bits per heavy atom. The fourth-order valence-corrected chi connectivity index (χ4v) is 4.38. The van der Waals surface area contributed by atoms with Crippen LogP contribution in [-0.2, 0) is 17.6 Å². The molecule has 0 radical (unpaired) electrons. The summed E-state index contributed by atoms with van der Waals surface area (Å²) in [6.07, 6.45) is 8.67. The van der Waals surface area contributed by atoms with Gasteiger partial charge in [0.05, 0.1) is 11.6 Å². The third kappa shape index (κ3) is 2.37. The quantitative estimate of drug-likeness (QED) is 0.680. The van der Waals surface area contributed by atoms with Crippen molar-refractivity contribution in [3.63, 3.8) is 0 Å². The van der Waals surface area contributed by atoms with E-state index in [4.69, 9.17) is 10.5 Å². The van der Waals surface area contributed by atoms with Gasteiger partial charge in [-0.15, -0.1) is 11.3 Å². The minimum absolute atomic E-state index is 0.301. The Balaban J connectivity index is 1.94. The summed E-state index contributed by atoms with van der Waals surface area (Å²) in [6, 6.07) is 0. The van der Waals surface area contributed by atoms with Crippen LogP contribution >= 0.6 is 11.3 Å². The standard InChI is InChI=1S/C16H22N2OS/c1-3-11-7-12(8-11)19-16(18-9-17)15-10(2)20-14-6-4-5-13(14)15/h9,11-12H,2-8H2,1H3,(H2,17,18)/b16-15-. The van der Waals surface area contributed by atoms with Gasteiger partial charge in [-0.25, -0.2) is 4.99 Å². The molecule has 0 aliphatic heterocycles. The van der Waals surface area contributed by atoms with Crippen molar-refractivity contribution in [1.29, 1.82) is 0 Å². The smallest absolute Gasteiger partial charge is 0.224 e. The van der Waals surface area contributed by atoms with Crippen LogP contribution in [0.25, 0.3) is 12.5 Å². The van der Waals surface area contributed by atoms with Crippen molar-refractivity contribution >= 4 is 30.1 Å². The highest BCUT2D eigenvalue weighted by Gasteiger charge is 2.30. The highest BCUT2D eigenvalue weighted by atomic mass is 32.1. The number of fused-ring (bicyclic) bond motifs is 1. The summed E-state index contributed by atoms with van der Waals surface area (Å²) in [4.78, 5) is 5.75. The predicted octanol–water partition coefficient (Wildman–Crippen LogP) is 1.90. The Morgan fingerprint density at radius 2 is 2.30 bits per heavy atom. The van der Waals surface area contributed by atoms with Crippen LogP contribution in [0.2, 0.25) is 0 Å². The second-order valence-corrected chi connectivity index (χ2v) is 6.91. The van der Waals surface area contributed by atoms with Crippen molar-refractivity contribution in [2.75, 3.05) is 0 Å². The maximum absolute atomic E-state index is 6.11. The van der Waals surface area contributed by atoms with Gasteiger partial charge in [-0.1, -0.05) is 19.9 Å². The molecule has 0 bridgehead atoms. The number of thiophene rings is 1. The molecule has 2 aliphatic carbocycles. The molecular formula is C16H22N2OS. The zero-order valence-electron chi connectivity index (χ0n) is 12.0. The molecule has 0 atom stereocenters. The third-order valence-corrected chi connectivity index (χ3v) is 5.60. The Hall–Kier alpha value is -1.29. The first kappa shape index (κ1) is 13.7. The van der Waals surface area contributed by atoms with Gasteiger partial charge in [0.25, 0.3) is 0 Å². The summed E-state index contributed by atoms with van der Waals surface area (Å²) < 4.78 is 7.19. The Bertz CT molecular complexity index is 626. The van der Waals surface area contributed by atoms with Crippen LogP contribution in [0.4, 0.5) is 0 Å². The van der Waals surface area contributed by atoms with Crippen molar-refractivity contribution in [2.24, 2.45) is 16.6 Å². The molecule has 0 amide bonds. The van der Waals surface area contributed by atoms with Crippen LogP contribution in [0.1, 0.15) is 43.0 Å². The number of hydrogen-bond acceptors (Lipinski definition) is 3. The van der Waals surface area contributed by atoms with Crippen LogP contribution in [0.15, 0.2) is 4.99 Å². The predicted molar refractivity (Wildman–Crippen MR) is 85.1 cm³/mol. The molecule has 1 aromatic rings. The molecule has 0 unspecified atom stereocenters. The molecule has 108 valence electrons. The highest BCUT2D eigenvalue weighted by molar-refractivity contribution is 7.10. The van der Waals surface area contributed by atoms with E-state index in [1.807, 2.05) is 0 Å². The molecule has 0 spiro atoms. The molecule has 3 nitrogen and oxygen atoms in total. The first-order valence-electron chi connectivity index (χ1n) is 7.47. The Kier molecular flexibility index (Phi) is 3.83. The van der Waals surface area contributed by atoms with E-state index in [-0.39, 0.29) is 0 Å². The lowest BCUT2D eigenvalue weighted by atomic mass is 9.80. The summed E-state index contributed by atoms with van der Waals surface area (Å²) in [7, 11) is 0. The monoisotopic (exact) mass is 290 g/mol. The van der Waals surface area contributed by atoms with Crippen LogP contribution < -0.4 is 15.5 Å². The number of ether oxygens (including phenoxy) is 1. The lowest BCUT2D eigenvalue weighted by Gasteiger charge is -2.34. The number of nitrogens with zero attached hydrogens (tertiary/aromatic N) is 1. The molecule has 0 saturated heterocycles. The van der Waals surface area contributed by atoms with E-state index in [0.29, 0.717) is 12.0 Å². The van der Waals surface area contributed by atoms with E-state index < -0.39 is 0 Å². The maximum Gasteiger partial charge on any atom is 0.224 e. The zero-order valence-corrected chi connectivity index (χ0v) is 12.8. The molecule has 1 fully saturated rings. The molecule has 1 heterocycles. The summed E-state index contributed by atoms with van der Waals surface area (Å²) in [5, 5.41) is 1.11. The minimum atomic E-state index is 0.301. The van der Waals surface area contributed by atoms with Gasteiger partial charge in [-0.05, 0) is 43.6 Å².